The molecule has 5 nitrogen and oxygen atoms in total. The molecule has 2 saturated carbocycles. The average Bonchev–Trinajstić information content (AvgIpc) is 3.06. The Labute approximate surface area is 131 Å². The largest absolute Gasteiger partial charge is 0.396 e. The van der Waals surface area contributed by atoms with Gasteiger partial charge in [-0.3, -0.25) is 9.89 Å². The summed E-state index contributed by atoms with van der Waals surface area (Å²) in [7, 11) is 0. The molecule has 0 spiro atoms. The number of carbonyl (C=O) groups excluding carboxylic acids is 1. The van der Waals surface area contributed by atoms with Crippen LogP contribution in [-0.2, 0) is 0 Å². The molecule has 3 rings (SSSR count). The quantitative estimate of drug-likeness (QED) is 0.800. The number of nitrogens with zero attached hydrogens (tertiary/aromatic N) is 1. The lowest BCUT2D eigenvalue weighted by Gasteiger charge is -2.27. The molecular formula is C17H27N3O2. The molecule has 2 fully saturated rings. The summed E-state index contributed by atoms with van der Waals surface area (Å²) in [6.45, 7) is 0.269. The van der Waals surface area contributed by atoms with Gasteiger partial charge in [-0.05, 0) is 50.5 Å². The van der Waals surface area contributed by atoms with Crippen LogP contribution < -0.4 is 5.32 Å². The summed E-state index contributed by atoms with van der Waals surface area (Å²) < 4.78 is 0. The molecule has 2 aliphatic rings. The summed E-state index contributed by atoms with van der Waals surface area (Å²) in [5, 5.41) is 19.5. The number of aromatic amines is 1. The summed E-state index contributed by atoms with van der Waals surface area (Å²) >= 11 is 0. The molecule has 1 aromatic heterocycles. The van der Waals surface area contributed by atoms with E-state index in [4.69, 9.17) is 5.11 Å². The second-order valence-corrected chi connectivity index (χ2v) is 6.92. The lowest BCUT2D eigenvalue weighted by atomic mass is 9.86. The van der Waals surface area contributed by atoms with Gasteiger partial charge in [0.15, 0.2) is 0 Å². The van der Waals surface area contributed by atoms with Crippen molar-refractivity contribution in [3.63, 3.8) is 0 Å². The highest BCUT2D eigenvalue weighted by Gasteiger charge is 2.24. The first-order valence-electron chi connectivity index (χ1n) is 8.73. The number of carbonyl (C=O) groups is 1. The molecule has 0 saturated heterocycles. The average molecular weight is 305 g/mol. The van der Waals surface area contributed by atoms with Gasteiger partial charge in [-0.2, -0.15) is 5.10 Å². The van der Waals surface area contributed by atoms with E-state index in [0.717, 1.165) is 31.4 Å². The molecule has 0 bridgehead atoms. The maximum absolute atomic E-state index is 12.3. The van der Waals surface area contributed by atoms with E-state index >= 15 is 0 Å². The Morgan fingerprint density at radius 1 is 1.18 bits per heavy atom. The van der Waals surface area contributed by atoms with Crippen LogP contribution in [0.4, 0.5) is 0 Å². The Kier molecular flexibility index (Phi) is 5.13. The zero-order chi connectivity index (χ0) is 15.4. The number of amides is 1. The molecule has 0 radical (unpaired) electrons. The number of hydrogen-bond acceptors (Lipinski definition) is 3. The van der Waals surface area contributed by atoms with Crippen LogP contribution in [0.3, 0.4) is 0 Å². The fourth-order valence-corrected chi connectivity index (χ4v) is 3.82. The fraction of sp³-hybridized carbons (Fsp3) is 0.765. The number of rotatable bonds is 4. The Balaban J connectivity index is 1.53. The van der Waals surface area contributed by atoms with Gasteiger partial charge in [-0.1, -0.05) is 19.3 Å². The number of hydrogen-bond donors (Lipinski definition) is 3. The number of aromatic nitrogens is 2. The number of nitrogens with one attached hydrogen (secondary N) is 2. The molecule has 0 aliphatic heterocycles. The van der Waals surface area contributed by atoms with Crippen LogP contribution in [0.25, 0.3) is 0 Å². The molecule has 1 amide bonds. The van der Waals surface area contributed by atoms with Gasteiger partial charge in [0.05, 0.1) is 0 Å². The molecule has 0 atom stereocenters. The highest BCUT2D eigenvalue weighted by Crippen LogP contribution is 2.31. The van der Waals surface area contributed by atoms with Gasteiger partial charge >= 0.3 is 0 Å². The summed E-state index contributed by atoms with van der Waals surface area (Å²) in [5.74, 6) is 0.894. The van der Waals surface area contributed by atoms with Crippen LogP contribution in [0.2, 0.25) is 0 Å². The maximum atomic E-state index is 12.3. The Morgan fingerprint density at radius 2 is 1.91 bits per heavy atom. The van der Waals surface area contributed by atoms with Crippen molar-refractivity contribution < 1.29 is 9.90 Å². The molecule has 1 heterocycles. The first-order chi connectivity index (χ1) is 10.8. The van der Waals surface area contributed by atoms with Gasteiger partial charge in [0.25, 0.3) is 5.91 Å². The van der Waals surface area contributed by atoms with E-state index in [9.17, 15) is 4.79 Å². The summed E-state index contributed by atoms with van der Waals surface area (Å²) in [6.07, 6.45) is 10.2. The minimum atomic E-state index is -0.0641. The molecule has 0 unspecified atom stereocenters. The normalized spacial score (nSPS) is 26.8. The second-order valence-electron chi connectivity index (χ2n) is 6.92. The standard InChI is InChI=1S/C17H27N3O2/c21-11-12-6-8-14(9-7-12)18-17(22)16-10-15(19-20-16)13-4-2-1-3-5-13/h10,12-14,21H,1-9,11H2,(H,18,22)(H,19,20). The number of H-pyrrole nitrogens is 1. The predicted molar refractivity (Wildman–Crippen MR) is 84.7 cm³/mol. The highest BCUT2D eigenvalue weighted by molar-refractivity contribution is 5.92. The second kappa shape index (κ2) is 7.27. The van der Waals surface area contributed by atoms with Crippen molar-refractivity contribution >= 4 is 5.91 Å². The molecular weight excluding hydrogens is 278 g/mol. The lowest BCUT2D eigenvalue weighted by Crippen LogP contribution is -2.38. The van der Waals surface area contributed by atoms with E-state index in [1.165, 1.54) is 32.1 Å². The monoisotopic (exact) mass is 305 g/mol. The van der Waals surface area contributed by atoms with Gasteiger partial charge in [0, 0.05) is 24.3 Å². The number of aliphatic hydroxyl groups is 1. The molecule has 122 valence electrons. The molecule has 0 aromatic carbocycles. The van der Waals surface area contributed by atoms with Crippen LogP contribution in [-0.4, -0.2) is 33.9 Å². The zero-order valence-corrected chi connectivity index (χ0v) is 13.2. The van der Waals surface area contributed by atoms with Crippen molar-refractivity contribution in [2.75, 3.05) is 6.61 Å². The molecule has 22 heavy (non-hydrogen) atoms. The van der Waals surface area contributed by atoms with Crippen molar-refractivity contribution in [1.82, 2.24) is 15.5 Å². The van der Waals surface area contributed by atoms with Crippen molar-refractivity contribution in [3.8, 4) is 0 Å². The van der Waals surface area contributed by atoms with Gasteiger partial charge in [0.2, 0.25) is 0 Å². The van der Waals surface area contributed by atoms with E-state index in [2.05, 4.69) is 15.5 Å². The first-order valence-corrected chi connectivity index (χ1v) is 8.73. The van der Waals surface area contributed by atoms with Crippen LogP contribution >= 0.6 is 0 Å². The van der Waals surface area contributed by atoms with Crippen LogP contribution in [0.15, 0.2) is 6.07 Å². The van der Waals surface area contributed by atoms with Gasteiger partial charge in [0.1, 0.15) is 5.69 Å². The zero-order valence-electron chi connectivity index (χ0n) is 13.2. The van der Waals surface area contributed by atoms with Gasteiger partial charge < -0.3 is 10.4 Å². The summed E-state index contributed by atoms with van der Waals surface area (Å²) in [4.78, 5) is 12.3. The van der Waals surface area contributed by atoms with E-state index in [1.54, 1.807) is 0 Å². The highest BCUT2D eigenvalue weighted by atomic mass is 16.3. The predicted octanol–water partition coefficient (Wildman–Crippen LogP) is 2.74. The molecule has 2 aliphatic carbocycles. The third-order valence-corrected chi connectivity index (χ3v) is 5.32. The summed E-state index contributed by atoms with van der Waals surface area (Å²) in [5.41, 5.74) is 1.64. The van der Waals surface area contributed by atoms with Crippen LogP contribution in [0.1, 0.15) is 79.9 Å². The Hall–Kier alpha value is -1.36. The molecule has 3 N–H and O–H groups in total. The molecule has 5 heteroatoms. The Bertz CT molecular complexity index is 486. The third kappa shape index (κ3) is 3.69. The fourth-order valence-electron chi connectivity index (χ4n) is 3.82. The van der Waals surface area contributed by atoms with Crippen molar-refractivity contribution in [3.05, 3.63) is 17.5 Å². The van der Waals surface area contributed by atoms with Crippen LogP contribution in [0, 0.1) is 5.92 Å². The minimum Gasteiger partial charge on any atom is -0.396 e. The first kappa shape index (κ1) is 15.5. The lowest BCUT2D eigenvalue weighted by molar-refractivity contribution is 0.0909. The molecule has 1 aromatic rings. The van der Waals surface area contributed by atoms with Crippen molar-refractivity contribution in [2.24, 2.45) is 5.92 Å². The van der Waals surface area contributed by atoms with E-state index in [0.29, 0.717) is 17.5 Å². The smallest absolute Gasteiger partial charge is 0.271 e. The van der Waals surface area contributed by atoms with E-state index in [-0.39, 0.29) is 18.6 Å². The Morgan fingerprint density at radius 3 is 2.59 bits per heavy atom. The van der Waals surface area contributed by atoms with Gasteiger partial charge in [-0.15, -0.1) is 0 Å². The summed E-state index contributed by atoms with van der Waals surface area (Å²) in [6, 6.07) is 2.16. The van der Waals surface area contributed by atoms with Gasteiger partial charge in [-0.25, -0.2) is 0 Å². The SMILES string of the molecule is O=C(NC1CCC(CO)CC1)c1cc(C2CCCCC2)[nH]n1. The minimum absolute atomic E-state index is 0.0641. The van der Waals surface area contributed by atoms with E-state index < -0.39 is 0 Å². The van der Waals surface area contributed by atoms with E-state index in [1.807, 2.05) is 6.07 Å². The third-order valence-electron chi connectivity index (χ3n) is 5.32. The topological polar surface area (TPSA) is 78.0 Å². The number of aliphatic hydroxyl groups excluding tert-OH is 1. The van der Waals surface area contributed by atoms with Crippen molar-refractivity contribution in [2.45, 2.75) is 69.7 Å². The van der Waals surface area contributed by atoms with Crippen molar-refractivity contribution in [1.29, 1.82) is 0 Å². The maximum Gasteiger partial charge on any atom is 0.271 e. The van der Waals surface area contributed by atoms with Crippen LogP contribution in [0.5, 0.6) is 0 Å².